The van der Waals surface area contributed by atoms with Crippen LogP contribution in [0.1, 0.15) is 38.2 Å². The molecular weight excluding hydrogens is 466 g/mol. The number of urea groups is 1. The number of carbonyl (C=O) groups is 2. The van der Waals surface area contributed by atoms with Crippen LogP contribution in [-0.4, -0.2) is 60.9 Å². The van der Waals surface area contributed by atoms with Gasteiger partial charge in [-0.15, -0.1) is 0 Å². The van der Waals surface area contributed by atoms with E-state index in [0.717, 1.165) is 54.5 Å². The van der Waals surface area contributed by atoms with Crippen molar-refractivity contribution in [3.63, 3.8) is 0 Å². The van der Waals surface area contributed by atoms with Crippen molar-refractivity contribution in [2.75, 3.05) is 24.7 Å². The van der Waals surface area contributed by atoms with Gasteiger partial charge in [0.05, 0.1) is 13.3 Å². The molecule has 1 saturated carbocycles. The highest BCUT2D eigenvalue weighted by Gasteiger charge is 2.29. The zero-order chi connectivity index (χ0) is 24.0. The number of sulfone groups is 1. The molecule has 0 atom stereocenters. The molecule has 2 amide bonds. The lowest BCUT2D eigenvalue weighted by Gasteiger charge is -2.36. The van der Waals surface area contributed by atoms with E-state index in [1.165, 1.54) is 0 Å². The van der Waals surface area contributed by atoms with Gasteiger partial charge in [-0.2, -0.15) is 0 Å². The topological polar surface area (TPSA) is 126 Å². The van der Waals surface area contributed by atoms with Crippen LogP contribution in [0.15, 0.2) is 34.7 Å². The summed E-state index contributed by atoms with van der Waals surface area (Å²) in [6, 6.07) is 7.47. The van der Waals surface area contributed by atoms with Crippen LogP contribution in [0, 0.1) is 5.92 Å². The molecule has 1 fully saturated rings. The summed E-state index contributed by atoms with van der Waals surface area (Å²) in [5.41, 5.74) is 1.08. The molecule has 1 aliphatic carbocycles. The number of thiazole rings is 1. The number of methoxy groups -OCH3 is 1. The fourth-order valence-electron chi connectivity index (χ4n) is 3.90. The molecule has 0 aliphatic heterocycles. The molecule has 0 unspecified atom stereocenters. The van der Waals surface area contributed by atoms with E-state index in [0.29, 0.717) is 18.9 Å². The lowest BCUT2D eigenvalue weighted by Crippen LogP contribution is -2.45. The van der Waals surface area contributed by atoms with Crippen molar-refractivity contribution < 1.29 is 27.9 Å². The lowest BCUT2D eigenvalue weighted by molar-refractivity contribution is -0.134. The first kappa shape index (κ1) is 25.0. The van der Waals surface area contributed by atoms with Crippen LogP contribution >= 0.6 is 11.3 Å². The van der Waals surface area contributed by atoms with Gasteiger partial charge in [0.2, 0.25) is 0 Å². The average Bonchev–Trinajstić information content (AvgIpc) is 3.24. The highest BCUT2D eigenvalue weighted by Crippen LogP contribution is 2.29. The zero-order valence-electron chi connectivity index (χ0n) is 18.7. The van der Waals surface area contributed by atoms with E-state index in [1.807, 2.05) is 29.2 Å². The monoisotopic (exact) mass is 495 g/mol. The third-order valence-corrected chi connectivity index (χ3v) is 8.87. The predicted molar refractivity (Wildman–Crippen MR) is 126 cm³/mol. The van der Waals surface area contributed by atoms with Gasteiger partial charge in [0.25, 0.3) is 0 Å². The summed E-state index contributed by atoms with van der Waals surface area (Å²) in [5.74, 6) is -1.05. The van der Waals surface area contributed by atoms with Gasteiger partial charge < -0.3 is 14.7 Å². The van der Waals surface area contributed by atoms with Gasteiger partial charge in [-0.05, 0) is 55.7 Å². The molecule has 0 radical (unpaired) electrons. The third-order valence-electron chi connectivity index (χ3n) is 5.81. The molecule has 3 rings (SSSR count). The first-order valence-electron chi connectivity index (χ1n) is 10.8. The molecule has 0 spiro atoms. The molecule has 11 heteroatoms. The van der Waals surface area contributed by atoms with Crippen LogP contribution in [0.25, 0.3) is 0 Å². The number of benzene rings is 1. The minimum Gasteiger partial charge on any atom is -0.497 e. The van der Waals surface area contributed by atoms with Crippen molar-refractivity contribution in [1.29, 1.82) is 0 Å². The number of aliphatic carboxylic acids is 1. The summed E-state index contributed by atoms with van der Waals surface area (Å²) >= 11 is 0.758. The Kier molecular flexibility index (Phi) is 8.30. The van der Waals surface area contributed by atoms with E-state index in [1.54, 1.807) is 7.11 Å². The predicted octanol–water partition coefficient (Wildman–Crippen LogP) is 3.67. The smallest absolute Gasteiger partial charge is 0.323 e. The molecule has 1 aromatic carbocycles. The number of hydrogen-bond acceptors (Lipinski definition) is 7. The second kappa shape index (κ2) is 11.0. The molecular formula is C22H29N3O6S2. The Morgan fingerprint density at radius 1 is 1.21 bits per heavy atom. The molecule has 2 N–H and O–H groups in total. The Morgan fingerprint density at radius 2 is 1.88 bits per heavy atom. The summed E-state index contributed by atoms with van der Waals surface area (Å²) in [6.07, 6.45) is 5.67. The van der Waals surface area contributed by atoms with Crippen molar-refractivity contribution in [2.24, 2.45) is 5.92 Å². The van der Waals surface area contributed by atoms with Crippen molar-refractivity contribution in [3.8, 4) is 5.75 Å². The van der Waals surface area contributed by atoms with Gasteiger partial charge in [-0.1, -0.05) is 30.4 Å². The Morgan fingerprint density at radius 3 is 2.48 bits per heavy atom. The SMILES string of the molecule is COc1ccc(CCN(C(=O)Nc2ncc(S(=O)(=O)CC(=O)O)s2)C2CCC(C)CC2)cc1. The number of carbonyl (C=O) groups excluding carboxylic acids is 1. The van der Waals surface area contributed by atoms with Crippen LogP contribution in [-0.2, 0) is 21.1 Å². The number of ether oxygens (including phenoxy) is 1. The van der Waals surface area contributed by atoms with Crippen LogP contribution in [0.4, 0.5) is 9.93 Å². The van der Waals surface area contributed by atoms with Gasteiger partial charge >= 0.3 is 12.0 Å². The number of hydrogen-bond donors (Lipinski definition) is 2. The van der Waals surface area contributed by atoms with Crippen LogP contribution in [0.2, 0.25) is 0 Å². The Labute approximate surface area is 197 Å². The first-order valence-corrected chi connectivity index (χ1v) is 13.3. The fraction of sp³-hybridized carbons (Fsp3) is 0.500. The van der Waals surface area contributed by atoms with Crippen molar-refractivity contribution in [3.05, 3.63) is 36.0 Å². The molecule has 33 heavy (non-hydrogen) atoms. The number of amides is 2. The Hall–Kier alpha value is -2.66. The fourth-order valence-corrected chi connectivity index (χ4v) is 6.05. The van der Waals surface area contributed by atoms with Crippen molar-refractivity contribution in [1.82, 2.24) is 9.88 Å². The molecule has 9 nitrogen and oxygen atoms in total. The number of nitrogens with zero attached hydrogens (tertiary/aromatic N) is 2. The standard InChI is InChI=1S/C22H29N3O6S2/c1-15-3-7-17(8-4-15)25(12-11-16-5-9-18(31-2)10-6-16)22(28)24-21-23-13-20(32-21)33(29,30)14-19(26)27/h5-6,9-10,13,15,17H,3-4,7-8,11-12,14H2,1-2H3,(H,26,27)(H,23,24,28). The van der Waals surface area contributed by atoms with E-state index in [4.69, 9.17) is 9.84 Å². The van der Waals surface area contributed by atoms with Crippen LogP contribution in [0.3, 0.4) is 0 Å². The van der Waals surface area contributed by atoms with E-state index < -0.39 is 21.6 Å². The van der Waals surface area contributed by atoms with Crippen molar-refractivity contribution >= 4 is 38.3 Å². The lowest BCUT2D eigenvalue weighted by atomic mass is 9.86. The first-order chi connectivity index (χ1) is 15.7. The average molecular weight is 496 g/mol. The number of nitrogens with one attached hydrogen (secondary N) is 1. The number of rotatable bonds is 9. The van der Waals surface area contributed by atoms with Gasteiger partial charge in [-0.25, -0.2) is 18.2 Å². The highest BCUT2D eigenvalue weighted by atomic mass is 32.2. The molecule has 1 heterocycles. The Balaban J connectivity index is 1.71. The second-order valence-electron chi connectivity index (χ2n) is 8.27. The maximum absolute atomic E-state index is 13.2. The van der Waals surface area contributed by atoms with E-state index in [9.17, 15) is 18.0 Å². The highest BCUT2D eigenvalue weighted by molar-refractivity contribution is 7.94. The summed E-state index contributed by atoms with van der Waals surface area (Å²) < 4.78 is 29.2. The molecule has 1 aromatic heterocycles. The van der Waals surface area contributed by atoms with Crippen LogP contribution < -0.4 is 10.1 Å². The molecule has 0 saturated heterocycles. The van der Waals surface area contributed by atoms with Gasteiger partial charge in [0, 0.05) is 12.6 Å². The minimum atomic E-state index is -3.99. The quantitative estimate of drug-likeness (QED) is 0.544. The van der Waals surface area contributed by atoms with Gasteiger partial charge in [0.1, 0.15) is 9.96 Å². The summed E-state index contributed by atoms with van der Waals surface area (Å²) in [5, 5.41) is 11.6. The van der Waals surface area contributed by atoms with Gasteiger partial charge in [-0.3, -0.25) is 10.1 Å². The maximum atomic E-state index is 13.2. The van der Waals surface area contributed by atoms with E-state index in [-0.39, 0.29) is 21.4 Å². The zero-order valence-corrected chi connectivity index (χ0v) is 20.3. The van der Waals surface area contributed by atoms with Crippen LogP contribution in [0.5, 0.6) is 5.75 Å². The summed E-state index contributed by atoms with van der Waals surface area (Å²) in [7, 11) is -2.38. The number of carboxylic acid groups (broad SMARTS) is 1. The van der Waals surface area contributed by atoms with E-state index in [2.05, 4.69) is 17.2 Å². The molecule has 2 aromatic rings. The normalized spacial score (nSPS) is 18.5. The minimum absolute atomic E-state index is 0.0922. The Bertz CT molecular complexity index is 1060. The number of anilines is 1. The number of carboxylic acids is 1. The maximum Gasteiger partial charge on any atom is 0.323 e. The summed E-state index contributed by atoms with van der Waals surface area (Å²) in [4.78, 5) is 29.8. The van der Waals surface area contributed by atoms with E-state index >= 15 is 0 Å². The molecule has 1 aliphatic rings. The molecule has 180 valence electrons. The van der Waals surface area contributed by atoms with Crippen molar-refractivity contribution in [2.45, 2.75) is 49.3 Å². The number of aromatic nitrogens is 1. The molecule has 0 bridgehead atoms. The largest absolute Gasteiger partial charge is 0.497 e. The summed E-state index contributed by atoms with van der Waals surface area (Å²) in [6.45, 7) is 2.72. The second-order valence-corrected chi connectivity index (χ2v) is 11.5. The van der Waals surface area contributed by atoms with Gasteiger partial charge in [0.15, 0.2) is 20.7 Å². The third kappa shape index (κ3) is 6.91.